The molecule has 2 nitrogen and oxygen atoms in total. The molecule has 1 aromatic rings. The predicted octanol–water partition coefficient (Wildman–Crippen LogP) is 2.65. The molecule has 0 fully saturated rings. The molecule has 1 aromatic heterocycles. The second kappa shape index (κ2) is 6.14. The van der Waals surface area contributed by atoms with Crippen molar-refractivity contribution in [2.45, 2.75) is 32.9 Å². The van der Waals surface area contributed by atoms with E-state index in [0.717, 1.165) is 6.54 Å². The van der Waals surface area contributed by atoms with Crippen LogP contribution in [0.5, 0.6) is 0 Å². The summed E-state index contributed by atoms with van der Waals surface area (Å²) in [5, 5.41) is 0. The molecule has 0 radical (unpaired) electrons. The highest BCUT2D eigenvalue weighted by Gasteiger charge is 2.00. The average molecular weight is 212 g/mol. The monoisotopic (exact) mass is 212 g/mol. The molecule has 0 spiro atoms. The minimum absolute atomic E-state index is 0.154. The molecule has 0 aliphatic carbocycles. The van der Waals surface area contributed by atoms with Crippen LogP contribution in [0.4, 0.5) is 0 Å². The Hall–Kier alpha value is -0.410. The number of nitrogens with two attached hydrogens (primary N) is 1. The van der Waals surface area contributed by atoms with Gasteiger partial charge in [0.1, 0.15) is 0 Å². The van der Waals surface area contributed by atoms with E-state index in [1.54, 1.807) is 0 Å². The van der Waals surface area contributed by atoms with Gasteiger partial charge in [0.25, 0.3) is 0 Å². The maximum atomic E-state index is 5.79. The highest BCUT2D eigenvalue weighted by atomic mass is 32.2. The van der Waals surface area contributed by atoms with E-state index >= 15 is 0 Å². The third kappa shape index (κ3) is 3.76. The topological polar surface area (TPSA) is 30.9 Å². The van der Waals surface area contributed by atoms with Gasteiger partial charge in [-0.05, 0) is 36.5 Å². The average Bonchev–Trinajstić information content (AvgIpc) is 2.61. The molecule has 0 aromatic carbocycles. The molecule has 0 aliphatic rings. The van der Waals surface area contributed by atoms with E-state index in [1.807, 2.05) is 18.7 Å². The van der Waals surface area contributed by atoms with Gasteiger partial charge in [0.2, 0.25) is 0 Å². The molecule has 1 atom stereocenters. The number of rotatable bonds is 6. The van der Waals surface area contributed by atoms with Gasteiger partial charge < -0.3 is 10.3 Å². The summed E-state index contributed by atoms with van der Waals surface area (Å²) in [6, 6.07) is 2.26. The van der Waals surface area contributed by atoms with Gasteiger partial charge in [-0.1, -0.05) is 6.92 Å². The van der Waals surface area contributed by atoms with Gasteiger partial charge in [0.05, 0.1) is 0 Å². The van der Waals surface area contributed by atoms with Crippen molar-refractivity contribution in [1.82, 2.24) is 4.57 Å². The lowest BCUT2D eigenvalue weighted by Gasteiger charge is -2.03. The molecular weight excluding hydrogens is 192 g/mol. The molecule has 0 saturated heterocycles. The highest BCUT2D eigenvalue weighted by molar-refractivity contribution is 7.99. The van der Waals surface area contributed by atoms with E-state index < -0.39 is 0 Å². The molecule has 14 heavy (non-hydrogen) atoms. The smallest absolute Gasteiger partial charge is 0.0281 e. The number of thioether (sulfide) groups is 1. The van der Waals surface area contributed by atoms with Gasteiger partial charge in [0, 0.05) is 25.0 Å². The van der Waals surface area contributed by atoms with E-state index in [2.05, 4.69) is 30.0 Å². The fourth-order valence-corrected chi connectivity index (χ4v) is 1.98. The third-order valence-electron chi connectivity index (χ3n) is 2.21. The first-order valence-electron chi connectivity index (χ1n) is 5.23. The highest BCUT2D eigenvalue weighted by Crippen LogP contribution is 2.10. The summed E-state index contributed by atoms with van der Waals surface area (Å²) in [7, 11) is 0. The van der Waals surface area contributed by atoms with Gasteiger partial charge in [-0.15, -0.1) is 0 Å². The third-order valence-corrected chi connectivity index (χ3v) is 3.19. The Morgan fingerprint density at radius 1 is 1.57 bits per heavy atom. The van der Waals surface area contributed by atoms with Crippen molar-refractivity contribution < 1.29 is 0 Å². The van der Waals surface area contributed by atoms with E-state index in [-0.39, 0.29) is 6.04 Å². The van der Waals surface area contributed by atoms with Crippen LogP contribution in [0.3, 0.4) is 0 Å². The molecule has 0 amide bonds. The summed E-state index contributed by atoms with van der Waals surface area (Å²) in [4.78, 5) is 0. The van der Waals surface area contributed by atoms with Crippen LogP contribution in [-0.4, -0.2) is 16.1 Å². The van der Waals surface area contributed by atoms with E-state index in [0.29, 0.717) is 0 Å². The molecule has 0 saturated carbocycles. The van der Waals surface area contributed by atoms with Gasteiger partial charge in [-0.3, -0.25) is 0 Å². The number of aryl methyl sites for hydroxylation is 1. The summed E-state index contributed by atoms with van der Waals surface area (Å²) >= 11 is 2.00. The van der Waals surface area contributed by atoms with Gasteiger partial charge in [0.15, 0.2) is 0 Å². The summed E-state index contributed by atoms with van der Waals surface area (Å²) in [6.07, 6.45) is 5.52. The maximum absolute atomic E-state index is 5.79. The lowest BCUT2D eigenvalue weighted by Crippen LogP contribution is -2.03. The predicted molar refractivity (Wildman–Crippen MR) is 64.7 cm³/mol. The van der Waals surface area contributed by atoms with Crippen molar-refractivity contribution >= 4 is 11.8 Å². The minimum Gasteiger partial charge on any atom is -0.354 e. The number of hydrogen-bond acceptors (Lipinski definition) is 2. The van der Waals surface area contributed by atoms with Crippen molar-refractivity contribution in [2.75, 3.05) is 11.5 Å². The van der Waals surface area contributed by atoms with Gasteiger partial charge >= 0.3 is 0 Å². The Balaban J connectivity index is 2.29. The van der Waals surface area contributed by atoms with Crippen LogP contribution < -0.4 is 5.73 Å². The molecule has 1 heterocycles. The Morgan fingerprint density at radius 3 is 2.93 bits per heavy atom. The van der Waals surface area contributed by atoms with Crippen LogP contribution in [0, 0.1) is 0 Å². The Morgan fingerprint density at radius 2 is 2.36 bits per heavy atom. The summed E-state index contributed by atoms with van der Waals surface area (Å²) < 4.78 is 2.23. The lowest BCUT2D eigenvalue weighted by molar-refractivity contribution is 0.682. The molecule has 80 valence electrons. The zero-order chi connectivity index (χ0) is 10.4. The molecule has 0 aliphatic heterocycles. The minimum atomic E-state index is 0.154. The number of nitrogens with zero attached hydrogens (tertiary/aromatic N) is 1. The first-order chi connectivity index (χ1) is 6.74. The van der Waals surface area contributed by atoms with E-state index in [9.17, 15) is 0 Å². The normalized spacial score (nSPS) is 13.1. The Kier molecular flexibility index (Phi) is 5.12. The Bertz CT molecular complexity index is 256. The maximum Gasteiger partial charge on any atom is 0.0281 e. The number of aromatic nitrogens is 1. The van der Waals surface area contributed by atoms with Gasteiger partial charge in [-0.2, -0.15) is 11.8 Å². The molecular formula is C11H20N2S. The van der Waals surface area contributed by atoms with Gasteiger partial charge in [-0.25, -0.2) is 0 Å². The van der Waals surface area contributed by atoms with Crippen LogP contribution in [0.15, 0.2) is 18.5 Å². The second-order valence-electron chi connectivity index (χ2n) is 3.52. The first kappa shape index (κ1) is 11.7. The summed E-state index contributed by atoms with van der Waals surface area (Å²) in [6.45, 7) is 5.33. The summed E-state index contributed by atoms with van der Waals surface area (Å²) in [5.41, 5.74) is 7.02. The van der Waals surface area contributed by atoms with Crippen molar-refractivity contribution in [2.24, 2.45) is 5.73 Å². The molecule has 1 rings (SSSR count). The molecule has 1 unspecified atom stereocenters. The van der Waals surface area contributed by atoms with Crippen LogP contribution >= 0.6 is 11.8 Å². The standard InChI is InChI=1S/C11H20N2S/c1-3-14-8-4-6-13-7-5-11(9-13)10(2)12/h5,7,9-10H,3-4,6,8,12H2,1-2H3. The largest absolute Gasteiger partial charge is 0.354 e. The van der Waals surface area contributed by atoms with Crippen LogP contribution in [0.1, 0.15) is 31.9 Å². The lowest BCUT2D eigenvalue weighted by atomic mass is 10.2. The van der Waals surface area contributed by atoms with E-state index in [1.165, 1.54) is 23.5 Å². The molecule has 0 bridgehead atoms. The number of hydrogen-bond donors (Lipinski definition) is 1. The van der Waals surface area contributed by atoms with Crippen LogP contribution in [0.25, 0.3) is 0 Å². The van der Waals surface area contributed by atoms with Crippen LogP contribution in [-0.2, 0) is 6.54 Å². The fraction of sp³-hybridized carbons (Fsp3) is 0.636. The molecule has 3 heteroatoms. The zero-order valence-electron chi connectivity index (χ0n) is 9.07. The SMILES string of the molecule is CCSCCCn1ccc(C(C)N)c1. The Labute approximate surface area is 90.9 Å². The fourth-order valence-electron chi connectivity index (χ4n) is 1.36. The van der Waals surface area contributed by atoms with Crippen molar-refractivity contribution in [3.63, 3.8) is 0 Å². The van der Waals surface area contributed by atoms with E-state index in [4.69, 9.17) is 5.73 Å². The summed E-state index contributed by atoms with van der Waals surface area (Å²) in [5.74, 6) is 2.47. The first-order valence-corrected chi connectivity index (χ1v) is 6.38. The molecule has 2 N–H and O–H groups in total. The van der Waals surface area contributed by atoms with Crippen molar-refractivity contribution in [3.8, 4) is 0 Å². The quantitative estimate of drug-likeness (QED) is 0.735. The van der Waals surface area contributed by atoms with Crippen LogP contribution in [0.2, 0.25) is 0 Å². The second-order valence-corrected chi connectivity index (χ2v) is 4.92. The van der Waals surface area contributed by atoms with Crippen molar-refractivity contribution in [1.29, 1.82) is 0 Å². The zero-order valence-corrected chi connectivity index (χ0v) is 9.89. The van der Waals surface area contributed by atoms with Crippen molar-refractivity contribution in [3.05, 3.63) is 24.0 Å².